The van der Waals surface area contributed by atoms with Crippen LogP contribution in [0.5, 0.6) is 0 Å². The second kappa shape index (κ2) is 5.81. The predicted molar refractivity (Wildman–Crippen MR) is 78.0 cm³/mol. The largest absolute Gasteiger partial charge is 0.244 e. The molecule has 0 atom stereocenters. The molecule has 0 N–H and O–H groups in total. The summed E-state index contributed by atoms with van der Waals surface area (Å²) in [6, 6.07) is 5.19. The maximum atomic E-state index is 12.6. The van der Waals surface area contributed by atoms with Crippen LogP contribution in [0.25, 0.3) is 0 Å². The van der Waals surface area contributed by atoms with Gasteiger partial charge in [-0.1, -0.05) is 36.9 Å². The molecule has 2 rings (SSSR count). The van der Waals surface area contributed by atoms with Crippen molar-refractivity contribution in [2.75, 3.05) is 7.05 Å². The van der Waals surface area contributed by atoms with Gasteiger partial charge in [-0.2, -0.15) is 4.31 Å². The fourth-order valence-electron chi connectivity index (χ4n) is 2.61. The summed E-state index contributed by atoms with van der Waals surface area (Å²) in [5, 5.41) is 0.308. The number of benzene rings is 1. The van der Waals surface area contributed by atoms with Gasteiger partial charge in [0.2, 0.25) is 10.0 Å². The van der Waals surface area contributed by atoms with Crippen LogP contribution in [0.3, 0.4) is 0 Å². The van der Waals surface area contributed by atoms with Gasteiger partial charge in [0, 0.05) is 13.1 Å². The van der Waals surface area contributed by atoms with Crippen molar-refractivity contribution >= 4 is 21.6 Å². The Balaban J connectivity index is 2.30. The average Bonchev–Trinajstić information content (AvgIpc) is 2.38. The van der Waals surface area contributed by atoms with Gasteiger partial charge in [-0.3, -0.25) is 0 Å². The van der Waals surface area contributed by atoms with Crippen LogP contribution in [-0.4, -0.2) is 25.8 Å². The molecular formula is C14H20ClNO2S. The number of hydrogen-bond donors (Lipinski definition) is 0. The van der Waals surface area contributed by atoms with E-state index in [4.69, 9.17) is 11.6 Å². The first kappa shape index (κ1) is 14.8. The molecule has 0 saturated heterocycles. The summed E-state index contributed by atoms with van der Waals surface area (Å²) < 4.78 is 26.7. The van der Waals surface area contributed by atoms with E-state index in [1.165, 1.54) is 10.7 Å². The Morgan fingerprint density at radius 2 is 1.84 bits per heavy atom. The number of hydrogen-bond acceptors (Lipinski definition) is 2. The summed E-state index contributed by atoms with van der Waals surface area (Å²) in [6.07, 6.45) is 5.30. The molecule has 0 spiro atoms. The quantitative estimate of drug-likeness (QED) is 0.855. The lowest BCUT2D eigenvalue weighted by molar-refractivity contribution is 0.286. The molecule has 1 aromatic carbocycles. The Bertz CT molecular complexity index is 551. The average molecular weight is 302 g/mol. The molecule has 19 heavy (non-hydrogen) atoms. The summed E-state index contributed by atoms with van der Waals surface area (Å²) in [6.45, 7) is 1.90. The van der Waals surface area contributed by atoms with Gasteiger partial charge in [-0.05, 0) is 37.5 Å². The molecule has 5 heteroatoms. The Hall–Kier alpha value is -0.580. The highest BCUT2D eigenvalue weighted by molar-refractivity contribution is 7.89. The van der Waals surface area contributed by atoms with Crippen LogP contribution in [0.1, 0.15) is 37.7 Å². The van der Waals surface area contributed by atoms with Crippen LogP contribution in [0, 0.1) is 6.92 Å². The van der Waals surface area contributed by atoms with Gasteiger partial charge >= 0.3 is 0 Å². The van der Waals surface area contributed by atoms with Gasteiger partial charge in [-0.25, -0.2) is 8.42 Å². The Labute approximate surface area is 120 Å². The maximum Gasteiger partial charge on any atom is 0.244 e. The topological polar surface area (TPSA) is 37.4 Å². The van der Waals surface area contributed by atoms with Crippen molar-refractivity contribution in [3.63, 3.8) is 0 Å². The van der Waals surface area contributed by atoms with Crippen molar-refractivity contribution in [3.05, 3.63) is 28.8 Å². The smallest absolute Gasteiger partial charge is 0.207 e. The number of nitrogens with zero attached hydrogens (tertiary/aromatic N) is 1. The van der Waals surface area contributed by atoms with Crippen LogP contribution in [0.4, 0.5) is 0 Å². The second-order valence-electron chi connectivity index (χ2n) is 5.25. The Morgan fingerprint density at radius 1 is 1.21 bits per heavy atom. The molecule has 1 aliphatic carbocycles. The van der Waals surface area contributed by atoms with Crippen LogP contribution in [-0.2, 0) is 10.0 Å². The minimum atomic E-state index is -3.48. The lowest BCUT2D eigenvalue weighted by Gasteiger charge is -2.30. The molecule has 3 nitrogen and oxygen atoms in total. The van der Waals surface area contributed by atoms with Crippen molar-refractivity contribution in [2.24, 2.45) is 0 Å². The Morgan fingerprint density at radius 3 is 2.42 bits per heavy atom. The number of aryl methyl sites for hydroxylation is 1. The van der Waals surface area contributed by atoms with E-state index in [-0.39, 0.29) is 10.9 Å². The maximum absolute atomic E-state index is 12.6. The highest BCUT2D eigenvalue weighted by atomic mass is 35.5. The molecule has 0 aromatic heterocycles. The molecule has 0 bridgehead atoms. The fraction of sp³-hybridized carbons (Fsp3) is 0.571. The molecule has 106 valence electrons. The lowest BCUT2D eigenvalue weighted by Crippen LogP contribution is -2.38. The zero-order valence-corrected chi connectivity index (χ0v) is 13.0. The van der Waals surface area contributed by atoms with Crippen molar-refractivity contribution in [2.45, 2.75) is 50.0 Å². The summed E-state index contributed by atoms with van der Waals surface area (Å²) >= 11 is 6.09. The van der Waals surface area contributed by atoms with Crippen LogP contribution >= 0.6 is 11.6 Å². The first-order chi connectivity index (χ1) is 8.93. The molecular weight excluding hydrogens is 282 g/mol. The van der Waals surface area contributed by atoms with Crippen molar-refractivity contribution in [3.8, 4) is 0 Å². The second-order valence-corrected chi connectivity index (χ2v) is 7.62. The van der Waals surface area contributed by atoms with E-state index in [1.54, 1.807) is 25.2 Å². The summed E-state index contributed by atoms with van der Waals surface area (Å²) in [5.74, 6) is 0. The normalized spacial score (nSPS) is 17.9. The van der Waals surface area contributed by atoms with Gasteiger partial charge in [0.05, 0.1) is 5.02 Å². The molecule has 1 saturated carbocycles. The SMILES string of the molecule is Cc1ccc(S(=O)(=O)N(C)C2CCCCC2)c(Cl)c1. The number of halogens is 1. The summed E-state index contributed by atoms with van der Waals surface area (Å²) in [4.78, 5) is 0.216. The van der Waals surface area contributed by atoms with E-state index in [9.17, 15) is 8.42 Å². The zero-order chi connectivity index (χ0) is 14.0. The van der Waals surface area contributed by atoms with E-state index in [0.29, 0.717) is 5.02 Å². The van der Waals surface area contributed by atoms with E-state index in [2.05, 4.69) is 0 Å². The molecule has 1 aromatic rings. The van der Waals surface area contributed by atoms with Gasteiger partial charge in [0.1, 0.15) is 4.90 Å². The number of sulfonamides is 1. The van der Waals surface area contributed by atoms with Crippen molar-refractivity contribution in [1.82, 2.24) is 4.31 Å². The van der Waals surface area contributed by atoms with E-state index < -0.39 is 10.0 Å². The van der Waals surface area contributed by atoms with E-state index >= 15 is 0 Å². The fourth-order valence-corrected chi connectivity index (χ4v) is 4.60. The Kier molecular flexibility index (Phi) is 4.54. The molecule has 0 amide bonds. The minimum Gasteiger partial charge on any atom is -0.207 e. The molecule has 1 aliphatic rings. The summed E-state index contributed by atoms with van der Waals surface area (Å²) in [5.41, 5.74) is 0.962. The highest BCUT2D eigenvalue weighted by Gasteiger charge is 2.30. The van der Waals surface area contributed by atoms with Crippen LogP contribution in [0.15, 0.2) is 23.1 Å². The third-order valence-electron chi connectivity index (χ3n) is 3.83. The highest BCUT2D eigenvalue weighted by Crippen LogP contribution is 2.30. The van der Waals surface area contributed by atoms with Gasteiger partial charge < -0.3 is 0 Å². The zero-order valence-electron chi connectivity index (χ0n) is 11.4. The minimum absolute atomic E-state index is 0.108. The predicted octanol–water partition coefficient (Wildman–Crippen LogP) is 3.60. The lowest BCUT2D eigenvalue weighted by atomic mass is 9.96. The molecule has 0 unspecified atom stereocenters. The first-order valence-electron chi connectivity index (χ1n) is 6.67. The van der Waals surface area contributed by atoms with Crippen molar-refractivity contribution in [1.29, 1.82) is 0 Å². The van der Waals surface area contributed by atoms with Gasteiger partial charge in [0.15, 0.2) is 0 Å². The molecule has 0 aliphatic heterocycles. The molecule has 0 heterocycles. The van der Waals surface area contributed by atoms with Crippen LogP contribution in [0.2, 0.25) is 5.02 Å². The van der Waals surface area contributed by atoms with Crippen LogP contribution < -0.4 is 0 Å². The third-order valence-corrected chi connectivity index (χ3v) is 6.23. The molecule has 1 fully saturated rings. The van der Waals surface area contributed by atoms with E-state index in [1.807, 2.05) is 6.92 Å². The number of rotatable bonds is 3. The standard InChI is InChI=1S/C14H20ClNO2S/c1-11-8-9-14(13(15)10-11)19(17,18)16(2)12-6-4-3-5-7-12/h8-10,12H,3-7H2,1-2H3. The summed E-state index contributed by atoms with van der Waals surface area (Å²) in [7, 11) is -1.82. The van der Waals surface area contributed by atoms with Gasteiger partial charge in [-0.15, -0.1) is 0 Å². The van der Waals surface area contributed by atoms with E-state index in [0.717, 1.165) is 31.2 Å². The third kappa shape index (κ3) is 3.12. The van der Waals surface area contributed by atoms with Gasteiger partial charge in [0.25, 0.3) is 0 Å². The van der Waals surface area contributed by atoms with Crippen molar-refractivity contribution < 1.29 is 8.42 Å². The monoisotopic (exact) mass is 301 g/mol. The molecule has 0 radical (unpaired) electrons. The first-order valence-corrected chi connectivity index (χ1v) is 8.49.